The topological polar surface area (TPSA) is 102 Å². The molecule has 0 saturated carbocycles. The zero-order valence-corrected chi connectivity index (χ0v) is 18.2. The summed E-state index contributed by atoms with van der Waals surface area (Å²) in [6, 6.07) is 3.87. The molecule has 0 spiro atoms. The first-order chi connectivity index (χ1) is 14.2. The highest BCUT2D eigenvalue weighted by Gasteiger charge is 2.23. The number of imidazole rings is 1. The van der Waals surface area contributed by atoms with E-state index < -0.39 is 0 Å². The van der Waals surface area contributed by atoms with Crippen LogP contribution in [0.15, 0.2) is 33.0 Å². The number of hydrogen-bond acceptors (Lipinski definition) is 7. The first-order valence-corrected chi connectivity index (χ1v) is 11.3. The summed E-state index contributed by atoms with van der Waals surface area (Å²) in [4.78, 5) is 13.5. The SMILES string of the molecule is Nc1nc[n+](CCC2CCNCC2)c2nc(Sc3cc4c(cc3Br)OCO4)[nH]c12. The number of hydrogen-bond donors (Lipinski definition) is 3. The molecule has 0 aliphatic carbocycles. The molecule has 8 nitrogen and oxygen atoms in total. The molecule has 152 valence electrons. The van der Waals surface area contributed by atoms with Crippen molar-refractivity contribution in [3.05, 3.63) is 22.9 Å². The lowest BCUT2D eigenvalue weighted by Crippen LogP contribution is -2.38. The van der Waals surface area contributed by atoms with Gasteiger partial charge in [0.1, 0.15) is 0 Å². The van der Waals surface area contributed by atoms with Gasteiger partial charge in [-0.2, -0.15) is 0 Å². The number of benzene rings is 1. The predicted molar refractivity (Wildman–Crippen MR) is 113 cm³/mol. The number of rotatable bonds is 5. The van der Waals surface area contributed by atoms with E-state index in [4.69, 9.17) is 20.2 Å². The zero-order chi connectivity index (χ0) is 19.8. The summed E-state index contributed by atoms with van der Waals surface area (Å²) in [7, 11) is 0. The summed E-state index contributed by atoms with van der Waals surface area (Å²) in [5.74, 6) is 2.69. The van der Waals surface area contributed by atoms with Crippen LogP contribution in [0.25, 0.3) is 11.2 Å². The minimum absolute atomic E-state index is 0.250. The lowest BCUT2D eigenvalue weighted by Gasteiger charge is -2.21. The number of ether oxygens (including phenoxy) is 2. The fourth-order valence-electron chi connectivity index (χ4n) is 3.77. The third kappa shape index (κ3) is 3.88. The number of nitrogens with one attached hydrogen (secondary N) is 2. The van der Waals surface area contributed by atoms with Gasteiger partial charge in [0, 0.05) is 9.37 Å². The van der Waals surface area contributed by atoms with Gasteiger partial charge >= 0.3 is 0 Å². The van der Waals surface area contributed by atoms with E-state index in [1.165, 1.54) is 24.6 Å². The molecule has 4 heterocycles. The van der Waals surface area contributed by atoms with Crippen LogP contribution < -0.4 is 25.1 Å². The largest absolute Gasteiger partial charge is 0.454 e. The van der Waals surface area contributed by atoms with Gasteiger partial charge in [0.15, 0.2) is 17.0 Å². The number of piperidine rings is 1. The maximum atomic E-state index is 6.12. The number of H-pyrrole nitrogens is 1. The monoisotopic (exact) mass is 477 g/mol. The van der Waals surface area contributed by atoms with Gasteiger partial charge in [-0.05, 0) is 78.1 Å². The first kappa shape index (κ1) is 19.0. The highest BCUT2D eigenvalue weighted by molar-refractivity contribution is 9.10. The summed E-state index contributed by atoms with van der Waals surface area (Å²) in [5, 5.41) is 4.18. The average molecular weight is 478 g/mol. The molecule has 0 radical (unpaired) electrons. The number of nitrogens with zero attached hydrogens (tertiary/aromatic N) is 3. The normalized spacial score (nSPS) is 16.6. The van der Waals surface area contributed by atoms with Crippen molar-refractivity contribution in [2.45, 2.75) is 35.9 Å². The third-order valence-corrected chi connectivity index (χ3v) is 7.26. The summed E-state index contributed by atoms with van der Waals surface area (Å²) >= 11 is 5.12. The third-order valence-electron chi connectivity index (χ3n) is 5.40. The standard InChI is InChI=1S/C19H21BrN6O2S/c20-12-7-13-14(28-10-27-13)8-15(12)29-19-24-16-17(21)23-9-26(18(16)25-19)6-3-11-1-4-22-5-2-11/h7-9,11,22H,1-6,10H2,(H2,21,24,25)/p+1. The Balaban J connectivity index is 1.40. The second kappa shape index (κ2) is 8.00. The average Bonchev–Trinajstić information content (AvgIpc) is 3.36. The Morgan fingerprint density at radius 2 is 2.03 bits per heavy atom. The van der Waals surface area contributed by atoms with E-state index in [-0.39, 0.29) is 6.79 Å². The molecular weight excluding hydrogens is 456 g/mol. The van der Waals surface area contributed by atoms with Crippen LogP contribution in [0.3, 0.4) is 0 Å². The minimum Gasteiger partial charge on any atom is -0.454 e. The predicted octanol–water partition coefficient (Wildman–Crippen LogP) is 2.86. The highest BCUT2D eigenvalue weighted by atomic mass is 79.9. The van der Waals surface area contributed by atoms with Gasteiger partial charge in [-0.25, -0.2) is 4.57 Å². The molecule has 1 aromatic carbocycles. The van der Waals surface area contributed by atoms with Crippen molar-refractivity contribution in [3.63, 3.8) is 0 Å². The van der Waals surface area contributed by atoms with E-state index in [1.807, 2.05) is 12.1 Å². The van der Waals surface area contributed by atoms with E-state index in [9.17, 15) is 0 Å². The molecule has 0 atom stereocenters. The van der Waals surface area contributed by atoms with E-state index in [0.29, 0.717) is 5.82 Å². The van der Waals surface area contributed by atoms with Gasteiger partial charge in [0.25, 0.3) is 5.65 Å². The van der Waals surface area contributed by atoms with Crippen molar-refractivity contribution in [1.29, 1.82) is 0 Å². The Morgan fingerprint density at radius 3 is 2.86 bits per heavy atom. The Morgan fingerprint density at radius 1 is 1.24 bits per heavy atom. The summed E-state index contributed by atoms with van der Waals surface area (Å²) in [5.41, 5.74) is 7.73. The van der Waals surface area contributed by atoms with E-state index in [1.54, 1.807) is 6.33 Å². The van der Waals surface area contributed by atoms with Gasteiger partial charge < -0.3 is 25.5 Å². The molecular formula is C19H22BrN6O2S+. The van der Waals surface area contributed by atoms with Crippen LogP contribution in [0, 0.1) is 5.92 Å². The maximum absolute atomic E-state index is 6.12. The quantitative estimate of drug-likeness (QED) is 0.485. The first-order valence-electron chi connectivity index (χ1n) is 9.69. The zero-order valence-electron chi connectivity index (χ0n) is 15.8. The molecule has 10 heteroatoms. The lowest BCUT2D eigenvalue weighted by atomic mass is 9.95. The Kier molecular flexibility index (Phi) is 5.23. The lowest BCUT2D eigenvalue weighted by molar-refractivity contribution is -0.677. The Hall–Kier alpha value is -2.04. The number of nitrogen functional groups attached to an aromatic ring is 1. The van der Waals surface area contributed by atoms with Crippen molar-refractivity contribution in [2.24, 2.45) is 5.92 Å². The Labute approximate surface area is 180 Å². The molecule has 0 amide bonds. The molecule has 29 heavy (non-hydrogen) atoms. The minimum atomic E-state index is 0.250. The van der Waals surface area contributed by atoms with Crippen molar-refractivity contribution in [3.8, 4) is 11.5 Å². The molecule has 3 aromatic rings. The summed E-state index contributed by atoms with van der Waals surface area (Å²) in [6.45, 7) is 3.35. The number of nitrogens with two attached hydrogens (primary N) is 1. The maximum Gasteiger partial charge on any atom is 0.294 e. The number of aromatic nitrogens is 4. The number of aromatic amines is 1. The van der Waals surface area contributed by atoms with Crippen LogP contribution in [0.4, 0.5) is 5.82 Å². The van der Waals surface area contributed by atoms with Gasteiger partial charge in [0.2, 0.25) is 24.1 Å². The highest BCUT2D eigenvalue weighted by Crippen LogP contribution is 2.42. The van der Waals surface area contributed by atoms with Gasteiger partial charge in [0.05, 0.1) is 6.54 Å². The van der Waals surface area contributed by atoms with Crippen molar-refractivity contribution < 1.29 is 14.0 Å². The molecule has 4 N–H and O–H groups in total. The summed E-state index contributed by atoms with van der Waals surface area (Å²) in [6.07, 6.45) is 5.37. The van der Waals surface area contributed by atoms with Crippen molar-refractivity contribution >= 4 is 44.7 Å². The second-order valence-electron chi connectivity index (χ2n) is 7.28. The van der Waals surface area contributed by atoms with Crippen LogP contribution in [-0.4, -0.2) is 34.8 Å². The smallest absolute Gasteiger partial charge is 0.294 e. The van der Waals surface area contributed by atoms with Gasteiger partial charge in [-0.1, -0.05) is 9.97 Å². The van der Waals surface area contributed by atoms with Gasteiger partial charge in [-0.3, -0.25) is 0 Å². The van der Waals surface area contributed by atoms with Crippen molar-refractivity contribution in [1.82, 2.24) is 20.3 Å². The van der Waals surface area contributed by atoms with Crippen LogP contribution >= 0.6 is 27.7 Å². The molecule has 2 aliphatic rings. The van der Waals surface area contributed by atoms with E-state index in [0.717, 1.165) is 69.2 Å². The van der Waals surface area contributed by atoms with E-state index in [2.05, 4.69) is 35.8 Å². The van der Waals surface area contributed by atoms with Crippen molar-refractivity contribution in [2.75, 3.05) is 25.6 Å². The fraction of sp³-hybridized carbons (Fsp3) is 0.421. The second-order valence-corrected chi connectivity index (χ2v) is 9.17. The number of aryl methyl sites for hydroxylation is 1. The number of fused-ring (bicyclic) bond motifs is 2. The molecule has 2 aliphatic heterocycles. The van der Waals surface area contributed by atoms with Gasteiger partial charge in [-0.15, -0.1) is 0 Å². The number of halogens is 1. The van der Waals surface area contributed by atoms with Crippen LogP contribution in [-0.2, 0) is 6.54 Å². The summed E-state index contributed by atoms with van der Waals surface area (Å²) < 4.78 is 13.9. The van der Waals surface area contributed by atoms with Crippen LogP contribution in [0.5, 0.6) is 11.5 Å². The molecule has 1 fully saturated rings. The number of anilines is 1. The Bertz CT molecular complexity index is 1050. The molecule has 1 saturated heterocycles. The molecule has 0 unspecified atom stereocenters. The fourth-order valence-corrected chi connectivity index (χ4v) is 5.15. The molecule has 5 rings (SSSR count). The van der Waals surface area contributed by atoms with E-state index >= 15 is 0 Å². The molecule has 0 bridgehead atoms. The van der Waals surface area contributed by atoms with Crippen LogP contribution in [0.2, 0.25) is 0 Å². The molecule has 2 aromatic heterocycles. The van der Waals surface area contributed by atoms with Crippen LogP contribution in [0.1, 0.15) is 19.3 Å².